The molecule has 2 unspecified atom stereocenters. The molecule has 0 saturated carbocycles. The fourth-order valence-corrected chi connectivity index (χ4v) is 7.09. The smallest absolute Gasteiger partial charge is 0.280 e. The highest BCUT2D eigenvalue weighted by atomic mass is 35.5. The molecule has 3 aliphatic rings. The summed E-state index contributed by atoms with van der Waals surface area (Å²) < 4.78 is 15.0. The van der Waals surface area contributed by atoms with Crippen molar-refractivity contribution in [3.63, 3.8) is 0 Å². The average Bonchev–Trinajstić information content (AvgIpc) is 3.50. The van der Waals surface area contributed by atoms with Crippen LogP contribution in [-0.4, -0.2) is 79.6 Å². The number of nitrogens with two attached hydrogens (primary N) is 2. The first kappa shape index (κ1) is 26.7. The molecule has 4 heterocycles. The number of benzene rings is 1. The lowest BCUT2D eigenvalue weighted by Gasteiger charge is -2.39. The molecule has 2 aromatic rings. The van der Waals surface area contributed by atoms with Crippen molar-refractivity contribution < 1.29 is 13.8 Å². The van der Waals surface area contributed by atoms with Crippen molar-refractivity contribution in [3.8, 4) is 0 Å². The largest absolute Gasteiger partial charge is 0.382 e. The van der Waals surface area contributed by atoms with E-state index < -0.39 is 16.7 Å². The number of aromatic nitrogens is 2. The number of nitrogens with one attached hydrogen (secondary N) is 3. The van der Waals surface area contributed by atoms with Crippen LogP contribution in [0.4, 0.5) is 11.6 Å². The first-order valence-electron chi connectivity index (χ1n) is 12.1. The molecule has 7 N–H and O–H groups in total. The SMILES string of the molecule is Nc1nc(N)c(C(=O)NC2=NCC3(CCN(C(=O)c4cccc(SNC5CCS(=O)C5)c4)CC3)N2)nc1Cl. The molecule has 12 nitrogen and oxygen atoms in total. The van der Waals surface area contributed by atoms with Gasteiger partial charge in [0, 0.05) is 51.9 Å². The molecule has 1 aromatic carbocycles. The van der Waals surface area contributed by atoms with Gasteiger partial charge in [0.15, 0.2) is 28.4 Å². The fraction of sp³-hybridized carbons (Fsp3) is 0.435. The number of carbonyl (C=O) groups excluding carboxylic acids is 2. The van der Waals surface area contributed by atoms with Crippen LogP contribution < -0.4 is 26.8 Å². The van der Waals surface area contributed by atoms with Crippen LogP contribution in [0.15, 0.2) is 34.2 Å². The van der Waals surface area contributed by atoms with Crippen molar-refractivity contribution in [1.29, 1.82) is 0 Å². The minimum Gasteiger partial charge on any atom is -0.382 e. The topological polar surface area (TPSA) is 181 Å². The Morgan fingerprint density at radius 2 is 2.00 bits per heavy atom. The lowest BCUT2D eigenvalue weighted by atomic mass is 9.88. The van der Waals surface area contributed by atoms with Gasteiger partial charge in [-0.3, -0.25) is 28.8 Å². The third kappa shape index (κ3) is 5.87. The number of anilines is 2. The Hall–Kier alpha value is -2.94. The maximum absolute atomic E-state index is 13.2. The summed E-state index contributed by atoms with van der Waals surface area (Å²) in [6, 6.07) is 7.77. The predicted octanol–water partition coefficient (Wildman–Crippen LogP) is 0.776. The monoisotopic (exact) mass is 577 g/mol. The zero-order chi connectivity index (χ0) is 26.9. The number of aliphatic imine (C=N–C) groups is 1. The standard InChI is InChI=1S/C23H28ClN9O3S2/c24-17-19(26)29-18(25)16(28-17)20(34)30-22-27-12-23(31-22)5-7-33(8-6-23)21(35)13-2-1-3-15(10-13)37-32-14-4-9-38(36)11-14/h1-3,10,14,32H,4-9,11-12H2,(H4,25,26,29)(H2,27,30,31,34). The van der Waals surface area contributed by atoms with Gasteiger partial charge in [-0.2, -0.15) is 0 Å². The van der Waals surface area contributed by atoms with E-state index in [0.29, 0.717) is 49.8 Å². The lowest BCUT2D eigenvalue weighted by Crippen LogP contribution is -2.57. The van der Waals surface area contributed by atoms with Crippen molar-refractivity contribution in [2.75, 3.05) is 42.6 Å². The second-order valence-corrected chi connectivity index (χ2v) is 12.4. The highest BCUT2D eigenvalue weighted by Gasteiger charge is 2.40. The number of hydrogen-bond donors (Lipinski definition) is 5. The molecule has 0 radical (unpaired) electrons. The highest BCUT2D eigenvalue weighted by Crippen LogP contribution is 2.28. The second-order valence-electron chi connectivity index (χ2n) is 9.49. The first-order valence-corrected chi connectivity index (χ1v) is 14.8. The van der Waals surface area contributed by atoms with Crippen LogP contribution in [0.3, 0.4) is 0 Å². The maximum atomic E-state index is 13.2. The van der Waals surface area contributed by atoms with Crippen LogP contribution in [0.25, 0.3) is 0 Å². The van der Waals surface area contributed by atoms with E-state index in [1.165, 1.54) is 11.9 Å². The molecular formula is C23H28ClN9O3S2. The molecule has 5 rings (SSSR count). The van der Waals surface area contributed by atoms with Crippen molar-refractivity contribution in [1.82, 2.24) is 30.2 Å². The molecule has 1 spiro atoms. The quantitative estimate of drug-likeness (QED) is 0.318. The molecule has 0 aliphatic carbocycles. The van der Waals surface area contributed by atoms with E-state index in [1.807, 2.05) is 29.2 Å². The summed E-state index contributed by atoms with van der Waals surface area (Å²) in [5.74, 6) is 0.920. The van der Waals surface area contributed by atoms with Gasteiger partial charge in [-0.05, 0) is 49.4 Å². The molecule has 2 atom stereocenters. The number of carbonyl (C=O) groups is 2. The number of hydrogen-bond acceptors (Lipinski definition) is 11. The van der Waals surface area contributed by atoms with Gasteiger partial charge >= 0.3 is 0 Å². The number of rotatable bonds is 5. The molecule has 2 fully saturated rings. The van der Waals surface area contributed by atoms with E-state index in [4.69, 9.17) is 23.1 Å². The van der Waals surface area contributed by atoms with Gasteiger partial charge < -0.3 is 21.7 Å². The van der Waals surface area contributed by atoms with Crippen LogP contribution in [0.1, 0.15) is 40.1 Å². The minimum absolute atomic E-state index is 0.0222. The molecule has 2 saturated heterocycles. The number of nitrogen functional groups attached to an aromatic ring is 2. The molecule has 202 valence electrons. The predicted molar refractivity (Wildman–Crippen MR) is 148 cm³/mol. The number of halogens is 1. The zero-order valence-corrected chi connectivity index (χ0v) is 22.8. The molecule has 0 bridgehead atoms. The molecule has 2 amide bonds. The summed E-state index contributed by atoms with van der Waals surface area (Å²) in [6.45, 7) is 1.58. The highest BCUT2D eigenvalue weighted by molar-refractivity contribution is 7.97. The Morgan fingerprint density at radius 3 is 2.74 bits per heavy atom. The fourth-order valence-electron chi connectivity index (χ4n) is 4.61. The molecule has 3 aliphatic heterocycles. The summed E-state index contributed by atoms with van der Waals surface area (Å²) in [7, 11) is -0.737. The van der Waals surface area contributed by atoms with Crippen LogP contribution >= 0.6 is 23.5 Å². The van der Waals surface area contributed by atoms with Crippen LogP contribution in [0, 0.1) is 0 Å². The van der Waals surface area contributed by atoms with Crippen molar-refractivity contribution in [3.05, 3.63) is 40.7 Å². The number of piperidine rings is 1. The van der Waals surface area contributed by atoms with Gasteiger partial charge in [-0.25, -0.2) is 9.97 Å². The summed E-state index contributed by atoms with van der Waals surface area (Å²) >= 11 is 7.35. The number of nitrogens with zero attached hydrogens (tertiary/aromatic N) is 4. The van der Waals surface area contributed by atoms with Gasteiger partial charge in [0.2, 0.25) is 0 Å². The molecular weight excluding hydrogens is 550 g/mol. The van der Waals surface area contributed by atoms with E-state index in [0.717, 1.165) is 17.1 Å². The zero-order valence-electron chi connectivity index (χ0n) is 20.4. The molecule has 1 aromatic heterocycles. The van der Waals surface area contributed by atoms with Gasteiger partial charge in [0.05, 0.1) is 12.1 Å². The third-order valence-corrected chi connectivity index (χ3v) is 9.47. The maximum Gasteiger partial charge on any atom is 0.280 e. The van der Waals surface area contributed by atoms with E-state index in [2.05, 4.69) is 30.3 Å². The minimum atomic E-state index is -0.737. The average molecular weight is 578 g/mol. The van der Waals surface area contributed by atoms with Crippen molar-refractivity contribution in [2.45, 2.75) is 35.7 Å². The summed E-state index contributed by atoms with van der Waals surface area (Å²) in [5.41, 5.74) is 11.5. The van der Waals surface area contributed by atoms with E-state index >= 15 is 0 Å². The second kappa shape index (κ2) is 11.0. The van der Waals surface area contributed by atoms with E-state index in [1.54, 1.807) is 0 Å². The first-order chi connectivity index (χ1) is 18.2. The number of guanidine groups is 1. The Morgan fingerprint density at radius 1 is 1.21 bits per heavy atom. The lowest BCUT2D eigenvalue weighted by molar-refractivity contribution is 0.0668. The summed E-state index contributed by atoms with van der Waals surface area (Å²) in [5, 5.41) is 5.87. The van der Waals surface area contributed by atoms with Crippen molar-refractivity contribution >= 4 is 63.8 Å². The summed E-state index contributed by atoms with van der Waals surface area (Å²) in [4.78, 5) is 40.8. The number of amides is 2. The molecule has 15 heteroatoms. The van der Waals surface area contributed by atoms with Gasteiger partial charge in [-0.1, -0.05) is 17.7 Å². The van der Waals surface area contributed by atoms with Gasteiger partial charge in [-0.15, -0.1) is 0 Å². The van der Waals surface area contributed by atoms with Crippen LogP contribution in [-0.2, 0) is 10.8 Å². The Labute approximate surface area is 231 Å². The van der Waals surface area contributed by atoms with Crippen LogP contribution in [0.2, 0.25) is 5.15 Å². The van der Waals surface area contributed by atoms with E-state index in [-0.39, 0.29) is 40.0 Å². The third-order valence-electron chi connectivity index (χ3n) is 6.79. The van der Waals surface area contributed by atoms with Crippen molar-refractivity contribution in [2.24, 2.45) is 4.99 Å². The Balaban J connectivity index is 1.13. The Bertz CT molecular complexity index is 1320. The number of likely N-dealkylation sites (tertiary alicyclic amines) is 1. The molecule has 38 heavy (non-hydrogen) atoms. The van der Waals surface area contributed by atoms with Gasteiger partial charge in [0.1, 0.15) is 0 Å². The normalized spacial score (nSPS) is 22.2. The van der Waals surface area contributed by atoms with Gasteiger partial charge in [0.25, 0.3) is 11.8 Å². The summed E-state index contributed by atoms with van der Waals surface area (Å²) in [6.07, 6.45) is 2.24. The van der Waals surface area contributed by atoms with E-state index in [9.17, 15) is 13.8 Å². The Kier molecular flexibility index (Phi) is 7.75. The van der Waals surface area contributed by atoms with Crippen LogP contribution in [0.5, 0.6) is 0 Å².